The number of nitrogens with zero attached hydrogens (tertiary/aromatic N) is 1. The molecule has 9 nitrogen and oxygen atoms in total. The van der Waals surface area contributed by atoms with Gasteiger partial charge in [-0.05, 0) is 42.5 Å². The molecule has 10 heteroatoms. The summed E-state index contributed by atoms with van der Waals surface area (Å²) >= 11 is 0.965. The van der Waals surface area contributed by atoms with Gasteiger partial charge in [-0.2, -0.15) is 0 Å². The second kappa shape index (κ2) is 14.1. The summed E-state index contributed by atoms with van der Waals surface area (Å²) in [7, 11) is 1.57. The zero-order valence-electron chi connectivity index (χ0n) is 22.9. The quantitative estimate of drug-likeness (QED) is 0.381. The van der Waals surface area contributed by atoms with E-state index >= 15 is 0 Å². The number of thioether (sulfide) groups is 1. The molecule has 0 radical (unpaired) electrons. The second-order valence-electron chi connectivity index (χ2n) is 10.1. The SMILES string of the molecule is COc1ccc(C[C@H](NC(=O)C2(NC(=O)[C@@H](SC(C)=O)C(C)C)CCCC2)C(=O)OCc2cccnc2)cc1. The Hall–Kier alpha value is -3.40. The summed E-state index contributed by atoms with van der Waals surface area (Å²) < 4.78 is 10.8. The molecular weight excluding hydrogens is 518 g/mol. The number of methoxy groups -OCH3 is 1. The topological polar surface area (TPSA) is 124 Å². The smallest absolute Gasteiger partial charge is 0.329 e. The van der Waals surface area contributed by atoms with Gasteiger partial charge < -0.3 is 20.1 Å². The fraction of sp³-hybridized carbons (Fsp3) is 0.483. The minimum Gasteiger partial charge on any atom is -0.497 e. The fourth-order valence-corrected chi connectivity index (χ4v) is 5.39. The van der Waals surface area contributed by atoms with Crippen LogP contribution >= 0.6 is 11.8 Å². The molecule has 3 rings (SSSR count). The first kappa shape index (κ1) is 30.1. The lowest BCUT2D eigenvalue weighted by molar-refractivity contribution is -0.150. The van der Waals surface area contributed by atoms with Gasteiger partial charge in [0.1, 0.15) is 23.9 Å². The van der Waals surface area contributed by atoms with Crippen molar-refractivity contribution in [2.45, 2.75) is 76.3 Å². The summed E-state index contributed by atoms with van der Waals surface area (Å²) in [6, 6.07) is 9.78. The Kier molecular flexibility index (Phi) is 10.9. The molecule has 0 spiro atoms. The molecule has 2 aromatic rings. The molecule has 1 aromatic carbocycles. The highest BCUT2D eigenvalue weighted by atomic mass is 32.2. The number of benzene rings is 1. The molecule has 0 aliphatic heterocycles. The van der Waals surface area contributed by atoms with Gasteiger partial charge in [0.15, 0.2) is 5.12 Å². The van der Waals surface area contributed by atoms with Gasteiger partial charge in [0.2, 0.25) is 11.8 Å². The number of hydrogen-bond acceptors (Lipinski definition) is 8. The lowest BCUT2D eigenvalue weighted by Crippen LogP contribution is -2.61. The fourth-order valence-electron chi connectivity index (χ4n) is 4.59. The number of nitrogens with one attached hydrogen (secondary N) is 2. The zero-order chi connectivity index (χ0) is 28.4. The van der Waals surface area contributed by atoms with Gasteiger partial charge in [-0.1, -0.05) is 56.7 Å². The standard InChI is InChI=1S/C29H37N3O6S/c1-19(2)25(39-20(3)33)26(34)32-29(13-5-6-14-29)28(36)31-24(16-21-9-11-23(37-4)12-10-21)27(35)38-18-22-8-7-15-30-17-22/h7-12,15,17,19,24-25H,5-6,13-14,16,18H2,1-4H3,(H,31,36)(H,32,34)/t24-,25-/m0/s1. The van der Waals surface area contributed by atoms with Crippen LogP contribution in [0, 0.1) is 5.92 Å². The lowest BCUT2D eigenvalue weighted by atomic mass is 9.94. The van der Waals surface area contributed by atoms with Crippen molar-refractivity contribution >= 4 is 34.7 Å². The van der Waals surface area contributed by atoms with Crippen molar-refractivity contribution in [3.05, 3.63) is 59.9 Å². The Morgan fingerprint density at radius 1 is 1.05 bits per heavy atom. The average Bonchev–Trinajstić information content (AvgIpc) is 3.40. The number of carbonyl (C=O) groups is 4. The number of hydrogen-bond donors (Lipinski definition) is 2. The zero-order valence-corrected chi connectivity index (χ0v) is 23.7. The predicted octanol–water partition coefficient (Wildman–Crippen LogP) is 3.59. The molecule has 0 bridgehead atoms. The van der Waals surface area contributed by atoms with Crippen LogP contribution in [0.3, 0.4) is 0 Å². The van der Waals surface area contributed by atoms with E-state index in [-0.39, 0.29) is 30.0 Å². The molecule has 2 N–H and O–H groups in total. The molecule has 2 amide bonds. The van der Waals surface area contributed by atoms with Gasteiger partial charge in [-0.25, -0.2) is 4.79 Å². The second-order valence-corrected chi connectivity index (χ2v) is 11.4. The van der Waals surface area contributed by atoms with Crippen LogP contribution in [0.4, 0.5) is 0 Å². The summed E-state index contributed by atoms with van der Waals surface area (Å²) in [5.41, 5.74) is 0.368. The van der Waals surface area contributed by atoms with E-state index in [2.05, 4.69) is 15.6 Å². The normalized spacial score (nSPS) is 15.7. The predicted molar refractivity (Wildman–Crippen MR) is 149 cm³/mol. The van der Waals surface area contributed by atoms with Crippen LogP contribution in [0.2, 0.25) is 0 Å². The highest BCUT2D eigenvalue weighted by Gasteiger charge is 2.45. The van der Waals surface area contributed by atoms with Crippen molar-refractivity contribution < 1.29 is 28.7 Å². The summed E-state index contributed by atoms with van der Waals surface area (Å²) in [5, 5.41) is 5.06. The maximum Gasteiger partial charge on any atom is 0.329 e. The van der Waals surface area contributed by atoms with Gasteiger partial charge in [-0.15, -0.1) is 0 Å². The third-order valence-corrected chi connectivity index (χ3v) is 8.05. The van der Waals surface area contributed by atoms with E-state index in [1.54, 1.807) is 43.8 Å². The largest absolute Gasteiger partial charge is 0.497 e. The molecule has 2 atom stereocenters. The molecule has 0 saturated heterocycles. The number of esters is 1. The Bertz CT molecular complexity index is 1130. The molecule has 1 fully saturated rings. The van der Waals surface area contributed by atoms with Gasteiger partial charge in [0.25, 0.3) is 0 Å². The van der Waals surface area contributed by atoms with Crippen LogP contribution in [-0.2, 0) is 36.9 Å². The first-order valence-electron chi connectivity index (χ1n) is 13.1. The van der Waals surface area contributed by atoms with E-state index in [0.717, 1.165) is 35.7 Å². The third kappa shape index (κ3) is 8.54. The van der Waals surface area contributed by atoms with Crippen LogP contribution in [0.5, 0.6) is 5.75 Å². The van der Waals surface area contributed by atoms with E-state index in [0.29, 0.717) is 18.6 Å². The first-order valence-corrected chi connectivity index (χ1v) is 14.0. The summed E-state index contributed by atoms with van der Waals surface area (Å²) in [6.07, 6.45) is 5.84. The van der Waals surface area contributed by atoms with Crippen LogP contribution < -0.4 is 15.4 Å². The van der Waals surface area contributed by atoms with Crippen molar-refractivity contribution in [2.75, 3.05) is 7.11 Å². The van der Waals surface area contributed by atoms with Crippen LogP contribution in [0.25, 0.3) is 0 Å². The van der Waals surface area contributed by atoms with E-state index in [1.165, 1.54) is 6.92 Å². The van der Waals surface area contributed by atoms with Gasteiger partial charge in [0, 0.05) is 31.3 Å². The van der Waals surface area contributed by atoms with E-state index < -0.39 is 28.7 Å². The van der Waals surface area contributed by atoms with E-state index in [1.807, 2.05) is 26.0 Å². The summed E-state index contributed by atoms with van der Waals surface area (Å²) in [4.78, 5) is 56.0. The molecular formula is C29H37N3O6S. The number of ether oxygens (including phenoxy) is 2. The monoisotopic (exact) mass is 555 g/mol. The molecule has 1 heterocycles. The number of pyridine rings is 1. The Morgan fingerprint density at radius 2 is 1.74 bits per heavy atom. The molecule has 0 unspecified atom stereocenters. The molecule has 210 valence electrons. The van der Waals surface area contributed by atoms with Crippen LogP contribution in [0.15, 0.2) is 48.8 Å². The Morgan fingerprint density at radius 3 is 2.31 bits per heavy atom. The van der Waals surface area contributed by atoms with Crippen molar-refractivity contribution in [2.24, 2.45) is 5.92 Å². The third-order valence-electron chi connectivity index (χ3n) is 6.70. The van der Waals surface area contributed by atoms with E-state index in [4.69, 9.17) is 9.47 Å². The molecule has 1 aromatic heterocycles. The van der Waals surface area contributed by atoms with Gasteiger partial charge >= 0.3 is 5.97 Å². The molecule has 1 aliphatic carbocycles. The van der Waals surface area contributed by atoms with Crippen molar-refractivity contribution in [1.82, 2.24) is 15.6 Å². The van der Waals surface area contributed by atoms with Gasteiger partial charge in [-0.3, -0.25) is 19.4 Å². The molecule has 1 saturated carbocycles. The van der Waals surface area contributed by atoms with Crippen molar-refractivity contribution in [3.8, 4) is 5.75 Å². The molecule has 1 aliphatic rings. The Labute approximate surface area is 233 Å². The number of carbonyl (C=O) groups excluding carboxylic acids is 4. The maximum absolute atomic E-state index is 13.8. The van der Waals surface area contributed by atoms with E-state index in [9.17, 15) is 19.2 Å². The molecule has 39 heavy (non-hydrogen) atoms. The number of rotatable bonds is 12. The highest BCUT2D eigenvalue weighted by Crippen LogP contribution is 2.32. The van der Waals surface area contributed by atoms with Gasteiger partial charge in [0.05, 0.1) is 12.4 Å². The van der Waals surface area contributed by atoms with Crippen LogP contribution in [0.1, 0.15) is 57.6 Å². The summed E-state index contributed by atoms with van der Waals surface area (Å²) in [5.74, 6) is -0.803. The van der Waals surface area contributed by atoms with Crippen molar-refractivity contribution in [1.29, 1.82) is 0 Å². The highest BCUT2D eigenvalue weighted by molar-refractivity contribution is 8.14. The average molecular weight is 556 g/mol. The maximum atomic E-state index is 13.8. The van der Waals surface area contributed by atoms with Crippen molar-refractivity contribution in [3.63, 3.8) is 0 Å². The Balaban J connectivity index is 1.80. The summed E-state index contributed by atoms with van der Waals surface area (Å²) in [6.45, 7) is 5.17. The number of aromatic nitrogens is 1. The minimum absolute atomic E-state index is 0.0157. The first-order chi connectivity index (χ1) is 18.6. The number of amides is 2. The van der Waals surface area contributed by atoms with Crippen LogP contribution in [-0.4, -0.2) is 51.8 Å². The minimum atomic E-state index is -1.16. The lowest BCUT2D eigenvalue weighted by Gasteiger charge is -2.33.